The van der Waals surface area contributed by atoms with Crippen molar-refractivity contribution in [3.63, 3.8) is 0 Å². The monoisotopic (exact) mass is 350 g/mol. The normalized spacial score (nSPS) is 10.0. The number of carbonyl (C=O) groups is 1. The summed E-state index contributed by atoms with van der Waals surface area (Å²) in [5.74, 6) is 0.783. The van der Waals surface area contributed by atoms with Gasteiger partial charge in [-0.25, -0.2) is 0 Å². The van der Waals surface area contributed by atoms with E-state index in [2.05, 4.69) is 43.4 Å². The highest BCUT2D eigenvalue weighted by atomic mass is 35.5. The Morgan fingerprint density at radius 3 is 2.65 bits per heavy atom. The molecule has 0 radical (unpaired) electrons. The van der Waals surface area contributed by atoms with Crippen molar-refractivity contribution in [2.75, 3.05) is 13.1 Å². The van der Waals surface area contributed by atoms with E-state index >= 15 is 0 Å². The number of benzene rings is 2. The summed E-state index contributed by atoms with van der Waals surface area (Å²) in [6.45, 7) is 5.19. The van der Waals surface area contributed by atoms with Crippen molar-refractivity contribution < 1.29 is 4.79 Å². The zero-order valence-corrected chi connectivity index (χ0v) is 15.1. The second-order valence-electron chi connectivity index (χ2n) is 5.30. The van der Waals surface area contributed by atoms with Gasteiger partial charge in [0.1, 0.15) is 0 Å². The molecule has 0 saturated carbocycles. The van der Waals surface area contributed by atoms with Crippen molar-refractivity contribution in [1.82, 2.24) is 5.32 Å². The predicted octanol–water partition coefficient (Wildman–Crippen LogP) is 3.71. The second-order valence-corrected chi connectivity index (χ2v) is 6.32. The molecule has 0 aromatic heterocycles. The molecule has 1 amide bonds. The van der Waals surface area contributed by atoms with Gasteiger partial charge in [-0.1, -0.05) is 29.8 Å². The number of hydrogen-bond donors (Lipinski definition) is 2. The van der Waals surface area contributed by atoms with Gasteiger partial charge in [-0.2, -0.15) is 0 Å². The van der Waals surface area contributed by atoms with Gasteiger partial charge in [-0.15, -0.1) is 24.2 Å². The third kappa shape index (κ3) is 5.90. The van der Waals surface area contributed by atoms with E-state index in [9.17, 15) is 4.79 Å². The van der Waals surface area contributed by atoms with Crippen molar-refractivity contribution >= 4 is 30.1 Å². The van der Waals surface area contributed by atoms with Crippen LogP contribution in [0.2, 0.25) is 0 Å². The number of aryl methyl sites for hydroxylation is 2. The number of halogens is 1. The average Bonchev–Trinajstić information content (AvgIpc) is 2.52. The minimum absolute atomic E-state index is 0. The van der Waals surface area contributed by atoms with Crippen LogP contribution in [-0.4, -0.2) is 19.0 Å². The van der Waals surface area contributed by atoms with Crippen LogP contribution in [0.15, 0.2) is 47.4 Å². The van der Waals surface area contributed by atoms with Crippen molar-refractivity contribution in [2.45, 2.75) is 24.5 Å². The summed E-state index contributed by atoms with van der Waals surface area (Å²) in [6, 6.07) is 14.2. The van der Waals surface area contributed by atoms with Gasteiger partial charge >= 0.3 is 0 Å². The Bertz CT molecular complexity index is 661. The lowest BCUT2D eigenvalue weighted by molar-refractivity contribution is 0.0954. The van der Waals surface area contributed by atoms with Crippen LogP contribution in [0.1, 0.15) is 27.0 Å². The first-order valence-electron chi connectivity index (χ1n) is 7.37. The van der Waals surface area contributed by atoms with Crippen LogP contribution in [-0.2, 0) is 5.75 Å². The Morgan fingerprint density at radius 1 is 1.17 bits per heavy atom. The summed E-state index contributed by atoms with van der Waals surface area (Å²) in [5, 5.41) is 2.79. The van der Waals surface area contributed by atoms with E-state index in [1.165, 1.54) is 16.0 Å². The molecule has 0 spiro atoms. The number of nitrogens with two attached hydrogens (primary N) is 1. The molecule has 0 aliphatic rings. The maximum Gasteiger partial charge on any atom is 0.251 e. The Kier molecular flexibility index (Phi) is 8.17. The Hall–Kier alpha value is -1.49. The second kappa shape index (κ2) is 9.60. The fourth-order valence-corrected chi connectivity index (χ4v) is 3.17. The van der Waals surface area contributed by atoms with Crippen molar-refractivity contribution in [3.05, 3.63) is 64.7 Å². The lowest BCUT2D eigenvalue weighted by Crippen LogP contribution is -2.28. The number of rotatable bonds is 6. The molecule has 2 rings (SSSR count). The van der Waals surface area contributed by atoms with E-state index in [-0.39, 0.29) is 18.3 Å². The minimum atomic E-state index is -0.0659. The van der Waals surface area contributed by atoms with E-state index in [1.807, 2.05) is 18.2 Å². The van der Waals surface area contributed by atoms with Gasteiger partial charge in [-0.05, 0) is 43.2 Å². The molecule has 0 atom stereocenters. The largest absolute Gasteiger partial charge is 0.351 e. The van der Waals surface area contributed by atoms with Crippen LogP contribution in [0.3, 0.4) is 0 Å². The maximum absolute atomic E-state index is 11.9. The molecule has 0 bridgehead atoms. The van der Waals surface area contributed by atoms with Gasteiger partial charge < -0.3 is 11.1 Å². The molecule has 0 saturated heterocycles. The summed E-state index contributed by atoms with van der Waals surface area (Å²) in [7, 11) is 0. The lowest BCUT2D eigenvalue weighted by Gasteiger charge is -2.08. The summed E-state index contributed by atoms with van der Waals surface area (Å²) in [6.07, 6.45) is 0. The summed E-state index contributed by atoms with van der Waals surface area (Å²) in [5.41, 5.74) is 9.81. The van der Waals surface area contributed by atoms with Crippen molar-refractivity contribution in [2.24, 2.45) is 5.73 Å². The van der Waals surface area contributed by atoms with Crippen LogP contribution in [0.4, 0.5) is 0 Å². The van der Waals surface area contributed by atoms with Gasteiger partial charge in [0.2, 0.25) is 0 Å². The summed E-state index contributed by atoms with van der Waals surface area (Å²) >= 11 is 1.80. The Balaban J connectivity index is 0.00000264. The van der Waals surface area contributed by atoms with Gasteiger partial charge in [0.15, 0.2) is 0 Å². The number of nitrogens with one attached hydrogen (secondary N) is 1. The number of carbonyl (C=O) groups excluding carboxylic acids is 1. The van der Waals surface area contributed by atoms with Crippen molar-refractivity contribution in [3.8, 4) is 0 Å². The van der Waals surface area contributed by atoms with Crippen LogP contribution < -0.4 is 11.1 Å². The van der Waals surface area contributed by atoms with Crippen LogP contribution in [0.25, 0.3) is 0 Å². The topological polar surface area (TPSA) is 55.1 Å². The smallest absolute Gasteiger partial charge is 0.251 e. The van der Waals surface area contributed by atoms with Gasteiger partial charge in [0.25, 0.3) is 5.91 Å². The molecule has 0 aliphatic heterocycles. The van der Waals surface area contributed by atoms with E-state index in [1.54, 1.807) is 11.8 Å². The SMILES string of the molecule is Cc1ccc(SCc2cccc(C(=O)NCCN)c2)c(C)c1.Cl. The third-order valence-electron chi connectivity index (χ3n) is 3.34. The molecule has 0 aliphatic carbocycles. The molecule has 2 aromatic carbocycles. The summed E-state index contributed by atoms with van der Waals surface area (Å²) < 4.78 is 0. The highest BCUT2D eigenvalue weighted by Crippen LogP contribution is 2.26. The number of amides is 1. The van der Waals surface area contributed by atoms with Crippen molar-refractivity contribution in [1.29, 1.82) is 0 Å². The molecule has 0 fully saturated rings. The Labute approximate surface area is 148 Å². The average molecular weight is 351 g/mol. The van der Waals surface area contributed by atoms with Crippen LogP contribution in [0, 0.1) is 13.8 Å². The molecule has 5 heteroatoms. The van der Waals surface area contributed by atoms with E-state index in [0.29, 0.717) is 18.7 Å². The van der Waals surface area contributed by atoms with Crippen LogP contribution >= 0.6 is 24.2 Å². The molecular formula is C18H23ClN2OS. The van der Waals surface area contributed by atoms with Crippen LogP contribution in [0.5, 0.6) is 0 Å². The van der Waals surface area contributed by atoms with Gasteiger partial charge in [0.05, 0.1) is 0 Å². The number of hydrogen-bond acceptors (Lipinski definition) is 3. The fourth-order valence-electron chi connectivity index (χ4n) is 2.21. The molecule has 0 unspecified atom stereocenters. The van der Waals surface area contributed by atoms with E-state index in [0.717, 1.165) is 11.3 Å². The molecule has 124 valence electrons. The minimum Gasteiger partial charge on any atom is -0.351 e. The highest BCUT2D eigenvalue weighted by Gasteiger charge is 2.06. The highest BCUT2D eigenvalue weighted by molar-refractivity contribution is 7.98. The molecule has 23 heavy (non-hydrogen) atoms. The zero-order valence-electron chi connectivity index (χ0n) is 13.5. The third-order valence-corrected chi connectivity index (χ3v) is 4.59. The van der Waals surface area contributed by atoms with Gasteiger partial charge in [0, 0.05) is 29.3 Å². The summed E-state index contributed by atoms with van der Waals surface area (Å²) in [4.78, 5) is 13.2. The predicted molar refractivity (Wildman–Crippen MR) is 101 cm³/mol. The standard InChI is InChI=1S/C18H22N2OS.ClH/c1-13-6-7-17(14(2)10-13)22-12-15-4-3-5-16(11-15)18(21)20-9-8-19;/h3-7,10-11H,8-9,12,19H2,1-2H3,(H,20,21);1H. The molecule has 3 N–H and O–H groups in total. The lowest BCUT2D eigenvalue weighted by atomic mass is 10.1. The van der Waals surface area contributed by atoms with E-state index < -0.39 is 0 Å². The molecular weight excluding hydrogens is 328 g/mol. The first-order valence-corrected chi connectivity index (χ1v) is 8.36. The molecule has 0 heterocycles. The quantitative estimate of drug-likeness (QED) is 0.781. The molecule has 2 aromatic rings. The van der Waals surface area contributed by atoms with Gasteiger partial charge in [-0.3, -0.25) is 4.79 Å². The fraction of sp³-hybridized carbons (Fsp3) is 0.278. The Morgan fingerprint density at radius 2 is 1.96 bits per heavy atom. The molecule has 3 nitrogen and oxygen atoms in total. The first-order chi connectivity index (χ1) is 10.6. The first kappa shape index (κ1) is 19.6. The van der Waals surface area contributed by atoms with E-state index in [4.69, 9.17) is 5.73 Å². The number of thioether (sulfide) groups is 1. The maximum atomic E-state index is 11.9. The zero-order chi connectivity index (χ0) is 15.9.